The van der Waals surface area contributed by atoms with Crippen LogP contribution in [0.2, 0.25) is 0 Å². The summed E-state index contributed by atoms with van der Waals surface area (Å²) in [6, 6.07) is 0. The molecule has 0 aliphatic rings. The van der Waals surface area contributed by atoms with Crippen molar-refractivity contribution in [1.29, 1.82) is 0 Å². The molecule has 12 nitrogen and oxygen atoms in total. The molecular weight excluding hydrogens is 432 g/mol. The third-order valence-corrected chi connectivity index (χ3v) is 4.53. The Morgan fingerprint density at radius 2 is 1.16 bits per heavy atom. The Kier molecular flexibility index (Phi) is 11.4. The topological polar surface area (TPSA) is 202 Å². The second-order valence-electron chi connectivity index (χ2n) is 6.71. The van der Waals surface area contributed by atoms with Crippen molar-refractivity contribution in [2.24, 2.45) is 11.3 Å². The first kappa shape index (κ1) is 28.3. The predicted octanol–water partition coefficient (Wildman–Crippen LogP) is 1.10. The summed E-state index contributed by atoms with van der Waals surface area (Å²) in [6.07, 6.45) is -0.767. The molecular formula is C20H26O12. The molecule has 0 amide bonds. The number of hydrogen-bond donors (Lipinski definition) is 4. The minimum absolute atomic E-state index is 0.0667. The zero-order valence-electron chi connectivity index (χ0n) is 17.5. The van der Waals surface area contributed by atoms with E-state index in [1.165, 1.54) is 6.92 Å². The van der Waals surface area contributed by atoms with Gasteiger partial charge in [-0.05, 0) is 32.1 Å². The van der Waals surface area contributed by atoms with E-state index in [2.05, 4.69) is 13.2 Å². The number of carboxylic acid groups (broad SMARTS) is 4. The summed E-state index contributed by atoms with van der Waals surface area (Å²) in [5, 5.41) is 36.6. The van der Waals surface area contributed by atoms with E-state index in [0.717, 1.165) is 0 Å². The Morgan fingerprint density at radius 3 is 1.41 bits per heavy atom. The first-order valence-electron chi connectivity index (χ1n) is 9.46. The van der Waals surface area contributed by atoms with Gasteiger partial charge in [-0.15, -0.1) is 0 Å². The SMILES string of the molecule is C=C(CCCOC(=O)C(C(=O)O)(C(=O)OCCCC(=C)C(=O)O)C(CC)C(=O)O)C(=O)O. The highest BCUT2D eigenvalue weighted by atomic mass is 16.6. The Labute approximate surface area is 183 Å². The molecule has 1 unspecified atom stereocenters. The maximum absolute atomic E-state index is 12.7. The van der Waals surface area contributed by atoms with Gasteiger partial charge in [0.2, 0.25) is 0 Å². The standard InChI is InChI=1S/C20H26O12/c1-4-13(16(25)26)20(17(27)28,18(29)31-9-5-7-11(2)14(21)22)19(30)32-10-6-8-12(3)15(23)24/h13H,2-10H2,1H3,(H,21,22)(H,23,24)(H,25,26)(H,27,28). The van der Waals surface area contributed by atoms with Gasteiger partial charge in [-0.25, -0.2) is 9.59 Å². The number of esters is 2. The summed E-state index contributed by atoms with van der Waals surface area (Å²) in [4.78, 5) is 70.4. The van der Waals surface area contributed by atoms with Crippen molar-refractivity contribution in [1.82, 2.24) is 0 Å². The number of aliphatic carboxylic acids is 4. The number of carboxylic acids is 4. The largest absolute Gasteiger partial charge is 0.481 e. The number of carbonyl (C=O) groups is 6. The molecule has 4 N–H and O–H groups in total. The van der Waals surface area contributed by atoms with Gasteiger partial charge in [-0.1, -0.05) is 20.1 Å². The highest BCUT2D eigenvalue weighted by Crippen LogP contribution is 2.35. The van der Waals surface area contributed by atoms with Gasteiger partial charge in [0.05, 0.1) is 19.1 Å². The summed E-state index contributed by atoms with van der Waals surface area (Å²) in [5.41, 5.74) is -3.59. The van der Waals surface area contributed by atoms with Crippen LogP contribution < -0.4 is 0 Å². The zero-order chi connectivity index (χ0) is 25.1. The monoisotopic (exact) mass is 458 g/mol. The quantitative estimate of drug-likeness (QED) is 0.111. The lowest BCUT2D eigenvalue weighted by Gasteiger charge is -2.30. The lowest BCUT2D eigenvalue weighted by Crippen LogP contribution is -2.55. The zero-order valence-corrected chi connectivity index (χ0v) is 17.5. The van der Waals surface area contributed by atoms with E-state index in [0.29, 0.717) is 0 Å². The van der Waals surface area contributed by atoms with Gasteiger partial charge in [0.15, 0.2) is 0 Å². The number of carbonyl (C=O) groups excluding carboxylic acids is 2. The van der Waals surface area contributed by atoms with Crippen LogP contribution in [-0.4, -0.2) is 69.5 Å². The van der Waals surface area contributed by atoms with Gasteiger partial charge in [0.1, 0.15) is 0 Å². The third-order valence-electron chi connectivity index (χ3n) is 4.53. The molecule has 0 aromatic rings. The van der Waals surface area contributed by atoms with Crippen LogP contribution in [0.5, 0.6) is 0 Å². The fourth-order valence-corrected chi connectivity index (χ4v) is 2.70. The van der Waals surface area contributed by atoms with Crippen LogP contribution in [0.3, 0.4) is 0 Å². The van der Waals surface area contributed by atoms with Crippen molar-refractivity contribution in [3.63, 3.8) is 0 Å². The molecule has 178 valence electrons. The first-order valence-corrected chi connectivity index (χ1v) is 9.46. The van der Waals surface area contributed by atoms with Gasteiger partial charge in [-0.3, -0.25) is 19.2 Å². The highest BCUT2D eigenvalue weighted by molar-refractivity contribution is 6.20. The fraction of sp³-hybridized carbons (Fsp3) is 0.500. The molecule has 0 aromatic carbocycles. The molecule has 0 rings (SSSR count). The second-order valence-corrected chi connectivity index (χ2v) is 6.71. The molecule has 0 saturated carbocycles. The average Bonchev–Trinajstić information content (AvgIpc) is 2.70. The highest BCUT2D eigenvalue weighted by Gasteiger charge is 2.64. The molecule has 0 fully saturated rings. The van der Waals surface area contributed by atoms with E-state index < -0.39 is 66.8 Å². The average molecular weight is 458 g/mol. The fourth-order valence-electron chi connectivity index (χ4n) is 2.70. The molecule has 1 atom stereocenters. The number of hydrogen-bond acceptors (Lipinski definition) is 8. The minimum atomic E-state index is -3.21. The molecule has 0 aliphatic heterocycles. The van der Waals surface area contributed by atoms with Crippen LogP contribution in [0.1, 0.15) is 39.0 Å². The van der Waals surface area contributed by atoms with Crippen LogP contribution in [0, 0.1) is 11.3 Å². The number of rotatable bonds is 16. The number of ether oxygens (including phenoxy) is 2. The molecule has 0 saturated heterocycles. The van der Waals surface area contributed by atoms with Crippen molar-refractivity contribution in [3.8, 4) is 0 Å². The maximum Gasteiger partial charge on any atom is 0.336 e. The Hall–Kier alpha value is -3.70. The van der Waals surface area contributed by atoms with E-state index in [-0.39, 0.29) is 36.8 Å². The summed E-state index contributed by atoms with van der Waals surface area (Å²) in [7, 11) is 0. The van der Waals surface area contributed by atoms with Crippen molar-refractivity contribution >= 4 is 35.8 Å². The molecule has 12 heteroatoms. The van der Waals surface area contributed by atoms with Gasteiger partial charge in [-0.2, -0.15) is 0 Å². The minimum Gasteiger partial charge on any atom is -0.481 e. The van der Waals surface area contributed by atoms with Crippen molar-refractivity contribution in [2.75, 3.05) is 13.2 Å². The van der Waals surface area contributed by atoms with Crippen LogP contribution in [0.4, 0.5) is 0 Å². The normalized spacial score (nSPS) is 11.7. The van der Waals surface area contributed by atoms with Crippen molar-refractivity contribution < 1.29 is 58.7 Å². The van der Waals surface area contributed by atoms with E-state index >= 15 is 0 Å². The Balaban J connectivity index is 5.59. The molecule has 32 heavy (non-hydrogen) atoms. The Bertz CT molecular complexity index is 748. The first-order chi connectivity index (χ1) is 14.8. The molecule has 0 aliphatic carbocycles. The molecule has 0 heterocycles. The summed E-state index contributed by atoms with van der Waals surface area (Å²) in [6.45, 7) is 6.81. The van der Waals surface area contributed by atoms with Crippen molar-refractivity contribution in [3.05, 3.63) is 24.3 Å². The van der Waals surface area contributed by atoms with Crippen LogP contribution in [0.25, 0.3) is 0 Å². The lowest BCUT2D eigenvalue weighted by molar-refractivity contribution is -0.191. The van der Waals surface area contributed by atoms with E-state index in [1.807, 2.05) is 0 Å². The summed E-state index contributed by atoms with van der Waals surface area (Å²) in [5.74, 6) is -11.7. The van der Waals surface area contributed by atoms with Gasteiger partial charge >= 0.3 is 35.8 Å². The van der Waals surface area contributed by atoms with Crippen LogP contribution >= 0.6 is 0 Å². The van der Waals surface area contributed by atoms with Gasteiger partial charge in [0, 0.05) is 11.1 Å². The van der Waals surface area contributed by atoms with E-state index in [4.69, 9.17) is 19.7 Å². The predicted molar refractivity (Wildman–Crippen MR) is 105 cm³/mol. The summed E-state index contributed by atoms with van der Waals surface area (Å²) >= 11 is 0. The Morgan fingerprint density at radius 1 is 0.781 bits per heavy atom. The molecule has 0 bridgehead atoms. The van der Waals surface area contributed by atoms with Crippen LogP contribution in [-0.2, 0) is 38.2 Å². The van der Waals surface area contributed by atoms with E-state index in [9.17, 15) is 39.0 Å². The third kappa shape index (κ3) is 7.22. The molecule has 0 radical (unpaired) electrons. The second kappa shape index (κ2) is 12.9. The molecule has 0 aromatic heterocycles. The van der Waals surface area contributed by atoms with Gasteiger partial charge in [0.25, 0.3) is 5.41 Å². The van der Waals surface area contributed by atoms with Crippen molar-refractivity contribution in [2.45, 2.75) is 39.0 Å². The maximum atomic E-state index is 12.7. The van der Waals surface area contributed by atoms with Crippen LogP contribution in [0.15, 0.2) is 24.3 Å². The van der Waals surface area contributed by atoms with Gasteiger partial charge < -0.3 is 29.9 Å². The molecule has 0 spiro atoms. The lowest BCUT2D eigenvalue weighted by atomic mass is 9.73. The van der Waals surface area contributed by atoms with E-state index in [1.54, 1.807) is 0 Å². The summed E-state index contributed by atoms with van der Waals surface area (Å²) < 4.78 is 9.64. The smallest absolute Gasteiger partial charge is 0.336 e.